The molecule has 27 heavy (non-hydrogen) atoms. The van der Waals surface area contributed by atoms with Crippen molar-refractivity contribution in [3.63, 3.8) is 0 Å². The monoisotopic (exact) mass is 381 g/mol. The quantitative estimate of drug-likeness (QED) is 0.280. The van der Waals surface area contributed by atoms with Gasteiger partial charge in [0.2, 0.25) is 5.91 Å². The Balaban J connectivity index is 3.59. The molecule has 0 aliphatic carbocycles. The van der Waals surface area contributed by atoms with Gasteiger partial charge in [0.1, 0.15) is 12.1 Å². The molecule has 0 radical (unpaired) electrons. The van der Waals surface area contributed by atoms with Crippen molar-refractivity contribution >= 4 is 17.7 Å². The molecule has 0 rings (SSSR count). The number of carbonyl (C=O) groups excluding carboxylic acids is 2. The van der Waals surface area contributed by atoms with E-state index < -0.39 is 18.1 Å². The molecule has 0 aromatic rings. The summed E-state index contributed by atoms with van der Waals surface area (Å²) in [6.45, 7) is 3.46. The molecule has 0 aromatic heterocycles. The number of allylic oxidation sites excluding steroid dienone is 3. The smallest absolute Gasteiger partial charge is 0.325 e. The predicted molar refractivity (Wildman–Crippen MR) is 106 cm³/mol. The third-order valence-corrected chi connectivity index (χ3v) is 4.14. The van der Waals surface area contributed by atoms with Crippen LogP contribution in [0.5, 0.6) is 0 Å². The number of hydrogen-bond donors (Lipinski definition) is 3. The lowest BCUT2D eigenvalue weighted by atomic mass is 10.1. The number of ketones is 1. The van der Waals surface area contributed by atoms with E-state index in [4.69, 9.17) is 5.11 Å². The lowest BCUT2D eigenvalue weighted by Gasteiger charge is -2.08. The number of aliphatic carboxylic acids is 1. The van der Waals surface area contributed by atoms with Gasteiger partial charge in [-0.15, -0.1) is 0 Å². The van der Waals surface area contributed by atoms with E-state index in [9.17, 15) is 19.5 Å². The van der Waals surface area contributed by atoms with Crippen molar-refractivity contribution in [2.45, 2.75) is 90.2 Å². The minimum absolute atomic E-state index is 0.150. The molecule has 0 aliphatic rings. The standard InChI is InChI=1S/C21H35NO5/c1-3-4-11-14-18(23)19(24)15-12-9-7-5-6-8-10-13-16-20(25)22-17(2)21(26)27/h4,9,11-12,17-18,23H,3,5-8,10,13-16H2,1-2H3,(H,22,25)(H,26,27)/t17-,18?/m1/s1. The molecule has 0 fully saturated rings. The maximum Gasteiger partial charge on any atom is 0.325 e. The first-order chi connectivity index (χ1) is 12.9. The minimum atomic E-state index is -1.03. The highest BCUT2D eigenvalue weighted by molar-refractivity contribution is 5.84. The van der Waals surface area contributed by atoms with E-state index in [-0.39, 0.29) is 18.1 Å². The van der Waals surface area contributed by atoms with Crippen LogP contribution in [0.4, 0.5) is 0 Å². The lowest BCUT2D eigenvalue weighted by molar-refractivity contribution is -0.141. The molecule has 0 heterocycles. The molecule has 0 saturated carbocycles. The molecule has 154 valence electrons. The SMILES string of the molecule is CCC=CCC(O)C(=O)CC=CCCCCCCCC(=O)N[C@H](C)C(=O)O. The molecule has 1 amide bonds. The highest BCUT2D eigenvalue weighted by Crippen LogP contribution is 2.08. The number of unbranched alkanes of at least 4 members (excludes halogenated alkanes) is 5. The minimum Gasteiger partial charge on any atom is -0.480 e. The molecule has 6 heteroatoms. The van der Waals surface area contributed by atoms with Crippen LogP contribution in [-0.2, 0) is 14.4 Å². The Morgan fingerprint density at radius 1 is 0.963 bits per heavy atom. The highest BCUT2D eigenvalue weighted by Gasteiger charge is 2.13. The summed E-state index contributed by atoms with van der Waals surface area (Å²) in [5, 5.41) is 20.8. The Kier molecular flexibility index (Phi) is 15.1. The van der Waals surface area contributed by atoms with E-state index in [1.54, 1.807) is 0 Å². The van der Waals surface area contributed by atoms with Crippen molar-refractivity contribution in [3.05, 3.63) is 24.3 Å². The van der Waals surface area contributed by atoms with Gasteiger partial charge in [0.25, 0.3) is 0 Å². The average Bonchev–Trinajstić information content (AvgIpc) is 2.62. The molecule has 0 aromatic carbocycles. The number of carboxylic acids is 1. The number of nitrogens with one attached hydrogen (secondary N) is 1. The number of Topliss-reactive ketones (excluding diaryl/α,β-unsaturated/α-hetero) is 1. The normalized spacial score (nSPS) is 13.7. The topological polar surface area (TPSA) is 104 Å². The van der Waals surface area contributed by atoms with Crippen molar-refractivity contribution in [1.29, 1.82) is 0 Å². The van der Waals surface area contributed by atoms with Gasteiger partial charge in [-0.3, -0.25) is 14.4 Å². The first-order valence-electron chi connectivity index (χ1n) is 9.91. The molecule has 0 aliphatic heterocycles. The molecule has 2 atom stereocenters. The maximum absolute atomic E-state index is 11.7. The highest BCUT2D eigenvalue weighted by atomic mass is 16.4. The van der Waals surface area contributed by atoms with Crippen LogP contribution >= 0.6 is 0 Å². The summed E-state index contributed by atoms with van der Waals surface area (Å²) in [5.41, 5.74) is 0. The van der Waals surface area contributed by atoms with Gasteiger partial charge in [-0.25, -0.2) is 0 Å². The molecular formula is C21H35NO5. The lowest BCUT2D eigenvalue weighted by Crippen LogP contribution is -2.38. The van der Waals surface area contributed by atoms with Crippen LogP contribution in [0, 0.1) is 0 Å². The van der Waals surface area contributed by atoms with Crippen molar-refractivity contribution < 1.29 is 24.6 Å². The van der Waals surface area contributed by atoms with Crippen molar-refractivity contribution in [3.8, 4) is 0 Å². The Morgan fingerprint density at radius 3 is 2.30 bits per heavy atom. The van der Waals surface area contributed by atoms with Gasteiger partial charge >= 0.3 is 5.97 Å². The van der Waals surface area contributed by atoms with Gasteiger partial charge in [0, 0.05) is 12.8 Å². The Hall–Kier alpha value is -1.95. The second-order valence-electron chi connectivity index (χ2n) is 6.71. The summed E-state index contributed by atoms with van der Waals surface area (Å²) in [5.74, 6) is -1.40. The molecular weight excluding hydrogens is 346 g/mol. The third-order valence-electron chi connectivity index (χ3n) is 4.14. The number of aliphatic hydroxyl groups excluding tert-OH is 1. The number of amides is 1. The van der Waals surface area contributed by atoms with Crippen molar-refractivity contribution in [2.75, 3.05) is 0 Å². The first kappa shape index (κ1) is 25.1. The Morgan fingerprint density at radius 2 is 1.63 bits per heavy atom. The van der Waals surface area contributed by atoms with Crippen LogP contribution in [0.3, 0.4) is 0 Å². The predicted octanol–water partition coefficient (Wildman–Crippen LogP) is 3.54. The second kappa shape index (κ2) is 16.2. The van der Waals surface area contributed by atoms with Gasteiger partial charge in [0.05, 0.1) is 0 Å². The van der Waals surface area contributed by atoms with Crippen LogP contribution in [0.15, 0.2) is 24.3 Å². The van der Waals surface area contributed by atoms with E-state index in [0.29, 0.717) is 12.8 Å². The second-order valence-corrected chi connectivity index (χ2v) is 6.71. The van der Waals surface area contributed by atoms with Crippen LogP contribution in [-0.4, -0.2) is 40.0 Å². The Bertz CT molecular complexity index is 499. The summed E-state index contributed by atoms with van der Waals surface area (Å²) in [6, 6.07) is -0.843. The van der Waals surface area contributed by atoms with Gasteiger partial charge in [-0.05, 0) is 39.0 Å². The third kappa shape index (κ3) is 14.9. The van der Waals surface area contributed by atoms with Crippen LogP contribution in [0.25, 0.3) is 0 Å². The van der Waals surface area contributed by atoms with Gasteiger partial charge in [0.15, 0.2) is 5.78 Å². The number of aliphatic hydroxyl groups is 1. The van der Waals surface area contributed by atoms with Crippen LogP contribution < -0.4 is 5.32 Å². The van der Waals surface area contributed by atoms with Crippen molar-refractivity contribution in [1.82, 2.24) is 5.32 Å². The van der Waals surface area contributed by atoms with E-state index in [1.807, 2.05) is 31.2 Å². The number of carbonyl (C=O) groups is 3. The maximum atomic E-state index is 11.7. The zero-order valence-electron chi connectivity index (χ0n) is 16.7. The molecule has 3 N–H and O–H groups in total. The summed E-state index contributed by atoms with van der Waals surface area (Å²) in [4.78, 5) is 33.8. The van der Waals surface area contributed by atoms with Gasteiger partial charge < -0.3 is 15.5 Å². The zero-order valence-corrected chi connectivity index (χ0v) is 16.7. The molecule has 1 unspecified atom stereocenters. The summed E-state index contributed by atoms with van der Waals surface area (Å²) < 4.78 is 0. The molecule has 0 spiro atoms. The fourth-order valence-electron chi connectivity index (χ4n) is 2.43. The summed E-state index contributed by atoms with van der Waals surface area (Å²) in [7, 11) is 0. The van der Waals surface area contributed by atoms with Crippen LogP contribution in [0.1, 0.15) is 78.1 Å². The van der Waals surface area contributed by atoms with E-state index in [0.717, 1.165) is 44.9 Å². The number of hydrogen-bond acceptors (Lipinski definition) is 4. The van der Waals surface area contributed by atoms with Crippen LogP contribution in [0.2, 0.25) is 0 Å². The average molecular weight is 382 g/mol. The van der Waals surface area contributed by atoms with E-state index in [1.165, 1.54) is 6.92 Å². The van der Waals surface area contributed by atoms with E-state index in [2.05, 4.69) is 5.32 Å². The van der Waals surface area contributed by atoms with Crippen molar-refractivity contribution in [2.24, 2.45) is 0 Å². The number of rotatable bonds is 16. The fraction of sp³-hybridized carbons (Fsp3) is 0.667. The molecule has 0 saturated heterocycles. The number of carboxylic acid groups (broad SMARTS) is 1. The molecule has 0 bridgehead atoms. The largest absolute Gasteiger partial charge is 0.480 e. The summed E-state index contributed by atoms with van der Waals surface area (Å²) >= 11 is 0. The fourth-order valence-corrected chi connectivity index (χ4v) is 2.43. The molecule has 6 nitrogen and oxygen atoms in total. The Labute approximate surface area is 162 Å². The van der Waals surface area contributed by atoms with E-state index >= 15 is 0 Å². The van der Waals surface area contributed by atoms with Gasteiger partial charge in [-0.1, -0.05) is 50.5 Å². The summed E-state index contributed by atoms with van der Waals surface area (Å²) in [6.07, 6.45) is 14.3. The van der Waals surface area contributed by atoms with Gasteiger partial charge in [-0.2, -0.15) is 0 Å². The zero-order chi connectivity index (χ0) is 20.5. The first-order valence-corrected chi connectivity index (χ1v) is 9.91.